The second-order valence-electron chi connectivity index (χ2n) is 6.28. The molecule has 22 heavy (non-hydrogen) atoms. The molecule has 0 aromatic carbocycles. The molecule has 2 saturated heterocycles. The van der Waals surface area contributed by atoms with Gasteiger partial charge in [-0.1, -0.05) is 0 Å². The van der Waals surface area contributed by atoms with Gasteiger partial charge in [0.15, 0.2) is 0 Å². The molecule has 2 fully saturated rings. The fourth-order valence-corrected chi connectivity index (χ4v) is 3.36. The Bertz CT molecular complexity index is 510. The van der Waals surface area contributed by atoms with Gasteiger partial charge in [0.05, 0.1) is 18.6 Å². The molecule has 6 nitrogen and oxygen atoms in total. The van der Waals surface area contributed by atoms with Crippen molar-refractivity contribution >= 4 is 5.91 Å². The summed E-state index contributed by atoms with van der Waals surface area (Å²) in [6.07, 6.45) is 5.46. The largest absolute Gasteiger partial charge is 0.378 e. The van der Waals surface area contributed by atoms with Crippen LogP contribution < -0.4 is 0 Å². The summed E-state index contributed by atoms with van der Waals surface area (Å²) in [5, 5.41) is 0. The Kier molecular flexibility index (Phi) is 4.69. The molecule has 3 rings (SSSR count). The molecule has 0 radical (unpaired) electrons. The second-order valence-corrected chi connectivity index (χ2v) is 6.28. The highest BCUT2D eigenvalue weighted by Crippen LogP contribution is 2.25. The van der Waals surface area contributed by atoms with Crippen molar-refractivity contribution in [3.63, 3.8) is 0 Å². The monoisotopic (exact) mass is 304 g/mol. The lowest BCUT2D eigenvalue weighted by Crippen LogP contribution is -2.40. The van der Waals surface area contributed by atoms with E-state index in [0.29, 0.717) is 12.6 Å². The zero-order valence-electron chi connectivity index (χ0n) is 13.3. The van der Waals surface area contributed by atoms with Crippen molar-refractivity contribution in [2.24, 2.45) is 5.92 Å². The van der Waals surface area contributed by atoms with Crippen LogP contribution in [0.15, 0.2) is 18.5 Å². The molecule has 0 aliphatic carbocycles. The third kappa shape index (κ3) is 3.28. The number of amides is 1. The van der Waals surface area contributed by atoms with Gasteiger partial charge in [-0.05, 0) is 32.9 Å². The molecule has 3 atom stereocenters. The van der Waals surface area contributed by atoms with Crippen LogP contribution in [0, 0.1) is 5.92 Å². The molecule has 1 aromatic heterocycles. The number of rotatable bonds is 4. The Morgan fingerprint density at radius 3 is 2.86 bits per heavy atom. The lowest BCUT2D eigenvalue weighted by atomic mass is 10.0. The minimum Gasteiger partial charge on any atom is -0.378 e. The van der Waals surface area contributed by atoms with E-state index in [4.69, 9.17) is 4.74 Å². The minimum absolute atomic E-state index is 0.0431. The van der Waals surface area contributed by atoms with Gasteiger partial charge in [-0.25, -0.2) is 9.97 Å². The van der Waals surface area contributed by atoms with Gasteiger partial charge < -0.3 is 9.64 Å². The van der Waals surface area contributed by atoms with E-state index in [1.807, 2.05) is 17.9 Å². The minimum atomic E-state index is 0.0431. The first-order valence-electron chi connectivity index (χ1n) is 8.01. The maximum absolute atomic E-state index is 12.6. The molecule has 0 bridgehead atoms. The number of nitrogens with zero attached hydrogens (tertiary/aromatic N) is 4. The Morgan fingerprint density at radius 1 is 1.41 bits per heavy atom. The maximum Gasteiger partial charge on any atom is 0.228 e. The van der Waals surface area contributed by atoms with Gasteiger partial charge in [-0.15, -0.1) is 0 Å². The van der Waals surface area contributed by atoms with Crippen LogP contribution in [0.5, 0.6) is 0 Å². The van der Waals surface area contributed by atoms with Crippen molar-refractivity contribution in [3.05, 3.63) is 24.3 Å². The third-order valence-corrected chi connectivity index (χ3v) is 4.80. The summed E-state index contributed by atoms with van der Waals surface area (Å²) in [6, 6.07) is 2.20. The highest BCUT2D eigenvalue weighted by molar-refractivity contribution is 5.80. The van der Waals surface area contributed by atoms with E-state index in [2.05, 4.69) is 21.9 Å². The van der Waals surface area contributed by atoms with Gasteiger partial charge in [0.2, 0.25) is 5.91 Å². The summed E-state index contributed by atoms with van der Waals surface area (Å²) in [6.45, 7) is 5.07. The van der Waals surface area contributed by atoms with Crippen molar-refractivity contribution in [1.82, 2.24) is 19.8 Å². The quantitative estimate of drug-likeness (QED) is 0.828. The van der Waals surface area contributed by atoms with Gasteiger partial charge in [0, 0.05) is 38.1 Å². The molecule has 3 heterocycles. The number of hydrogen-bond acceptors (Lipinski definition) is 5. The van der Waals surface area contributed by atoms with E-state index in [1.54, 1.807) is 12.4 Å². The first-order chi connectivity index (χ1) is 10.6. The van der Waals surface area contributed by atoms with E-state index in [0.717, 1.165) is 38.3 Å². The summed E-state index contributed by atoms with van der Waals surface area (Å²) < 4.78 is 5.52. The Labute approximate surface area is 131 Å². The van der Waals surface area contributed by atoms with Crippen molar-refractivity contribution in [2.45, 2.75) is 38.5 Å². The van der Waals surface area contributed by atoms with Crippen LogP contribution in [0.25, 0.3) is 0 Å². The molecule has 0 spiro atoms. The van der Waals surface area contributed by atoms with Crippen LogP contribution in [0.2, 0.25) is 0 Å². The molecule has 120 valence electrons. The highest BCUT2D eigenvalue weighted by Gasteiger charge is 2.37. The van der Waals surface area contributed by atoms with E-state index in [1.165, 1.54) is 0 Å². The fourth-order valence-electron chi connectivity index (χ4n) is 3.36. The van der Waals surface area contributed by atoms with Crippen LogP contribution in [-0.4, -0.2) is 64.6 Å². The summed E-state index contributed by atoms with van der Waals surface area (Å²) in [5.74, 6) is 1.13. The molecule has 0 N–H and O–H groups in total. The van der Waals surface area contributed by atoms with Gasteiger partial charge in [0.25, 0.3) is 0 Å². The highest BCUT2D eigenvalue weighted by atomic mass is 16.5. The number of aromatic nitrogens is 2. The zero-order valence-corrected chi connectivity index (χ0v) is 13.3. The average molecular weight is 304 g/mol. The molecule has 2 aliphatic rings. The van der Waals surface area contributed by atoms with Crippen LogP contribution >= 0.6 is 0 Å². The van der Waals surface area contributed by atoms with Crippen molar-refractivity contribution in [3.8, 4) is 0 Å². The summed E-state index contributed by atoms with van der Waals surface area (Å²) in [7, 11) is 2.08. The predicted octanol–water partition coefficient (Wildman–Crippen LogP) is 0.934. The zero-order chi connectivity index (χ0) is 15.5. The lowest BCUT2D eigenvalue weighted by Gasteiger charge is -2.25. The molecule has 6 heteroatoms. The molecule has 2 aliphatic heterocycles. The molecular formula is C16H24N4O2. The van der Waals surface area contributed by atoms with Crippen LogP contribution in [0.4, 0.5) is 0 Å². The van der Waals surface area contributed by atoms with Crippen molar-refractivity contribution in [1.29, 1.82) is 0 Å². The number of likely N-dealkylation sites (N-methyl/N-ethyl adjacent to an activating group) is 1. The van der Waals surface area contributed by atoms with Crippen LogP contribution in [0.1, 0.15) is 25.6 Å². The topological polar surface area (TPSA) is 58.6 Å². The normalized spacial score (nSPS) is 28.5. The average Bonchev–Trinajstić information content (AvgIpc) is 3.16. The number of hydrogen-bond donors (Lipinski definition) is 0. The summed E-state index contributed by atoms with van der Waals surface area (Å²) in [4.78, 5) is 25.4. The van der Waals surface area contributed by atoms with Gasteiger partial charge in [-0.2, -0.15) is 0 Å². The predicted molar refractivity (Wildman–Crippen MR) is 82.0 cm³/mol. The molecule has 1 amide bonds. The van der Waals surface area contributed by atoms with Crippen LogP contribution in [0.3, 0.4) is 0 Å². The van der Waals surface area contributed by atoms with Gasteiger partial charge in [-0.3, -0.25) is 9.69 Å². The first kappa shape index (κ1) is 15.4. The molecule has 0 unspecified atom stereocenters. The van der Waals surface area contributed by atoms with Crippen molar-refractivity contribution < 1.29 is 9.53 Å². The molecule has 1 aromatic rings. The SMILES string of the molecule is C[C@@H]1OCC[C@@H]1C(=O)N1CC[C@@H](N(C)Cc2ncccn2)C1. The third-order valence-electron chi connectivity index (χ3n) is 4.80. The maximum atomic E-state index is 12.6. The number of likely N-dealkylation sites (tertiary alicyclic amines) is 1. The second kappa shape index (κ2) is 6.71. The Hall–Kier alpha value is -1.53. The van der Waals surface area contributed by atoms with Gasteiger partial charge >= 0.3 is 0 Å². The number of ether oxygens (including phenoxy) is 1. The van der Waals surface area contributed by atoms with E-state index in [9.17, 15) is 4.79 Å². The Balaban J connectivity index is 1.54. The molecule has 0 saturated carbocycles. The van der Waals surface area contributed by atoms with E-state index in [-0.39, 0.29) is 17.9 Å². The number of carbonyl (C=O) groups excluding carboxylic acids is 1. The lowest BCUT2D eigenvalue weighted by molar-refractivity contribution is -0.136. The fraction of sp³-hybridized carbons (Fsp3) is 0.688. The van der Waals surface area contributed by atoms with E-state index < -0.39 is 0 Å². The Morgan fingerprint density at radius 2 is 2.18 bits per heavy atom. The van der Waals surface area contributed by atoms with Crippen molar-refractivity contribution in [2.75, 3.05) is 26.7 Å². The molecular weight excluding hydrogens is 280 g/mol. The summed E-state index contributed by atoms with van der Waals surface area (Å²) in [5.41, 5.74) is 0. The smallest absolute Gasteiger partial charge is 0.228 e. The van der Waals surface area contributed by atoms with Crippen LogP contribution in [-0.2, 0) is 16.1 Å². The first-order valence-corrected chi connectivity index (χ1v) is 8.01. The van der Waals surface area contributed by atoms with Gasteiger partial charge in [0.1, 0.15) is 5.82 Å². The standard InChI is InChI=1S/C16H24N4O2/c1-12-14(5-9-22-12)16(21)20-8-4-13(10-20)19(2)11-15-17-6-3-7-18-15/h3,6-7,12-14H,4-5,8-11H2,1-2H3/t12-,13+,14-/m0/s1. The number of carbonyl (C=O) groups is 1. The van der Waals surface area contributed by atoms with E-state index >= 15 is 0 Å². The summed E-state index contributed by atoms with van der Waals surface area (Å²) >= 11 is 0.